The van der Waals surface area contributed by atoms with Gasteiger partial charge in [-0.25, -0.2) is 0 Å². The molecule has 2 rings (SSSR count). The normalized spacial score (nSPS) is 16.1. The highest BCUT2D eigenvalue weighted by molar-refractivity contribution is 14.1. The minimum atomic E-state index is -0.155. The summed E-state index contributed by atoms with van der Waals surface area (Å²) >= 11 is 2.17. The van der Waals surface area contributed by atoms with Crippen molar-refractivity contribution in [3.05, 3.63) is 41.0 Å². The van der Waals surface area contributed by atoms with Crippen molar-refractivity contribution in [1.29, 1.82) is 0 Å². The molecule has 0 radical (unpaired) electrons. The number of ketones is 2. The molecule has 94 valence electrons. The number of carbonyl (C=O) groups excluding carboxylic acids is 2. The molecule has 0 fully saturated rings. The average Bonchev–Trinajstić information content (AvgIpc) is 2.35. The number of hydrogen-bond donors (Lipinski definition) is 0. The van der Waals surface area contributed by atoms with Crippen LogP contribution in [0.2, 0.25) is 0 Å². The van der Waals surface area contributed by atoms with Gasteiger partial charge in [0.05, 0.1) is 5.56 Å². The Morgan fingerprint density at radius 3 is 2.72 bits per heavy atom. The monoisotopic (exact) mass is 356 g/mol. The third-order valence-corrected chi connectivity index (χ3v) is 3.93. The fourth-order valence-electron chi connectivity index (χ4n) is 1.84. The predicted octanol–water partition coefficient (Wildman–Crippen LogP) is 3.56. The Morgan fingerprint density at radius 2 is 2.06 bits per heavy atom. The number of Topliss-reactive ketones (excluding diaryl/α,β-unsaturated/α-hetero) is 1. The SMILES string of the molecule is CCC(I)Oc1cccc2c1C(=O)C=C(C)C2=O. The topological polar surface area (TPSA) is 43.4 Å². The van der Waals surface area contributed by atoms with Crippen molar-refractivity contribution in [1.82, 2.24) is 0 Å². The summed E-state index contributed by atoms with van der Waals surface area (Å²) in [5.41, 5.74) is 1.31. The molecule has 1 atom stereocenters. The highest BCUT2D eigenvalue weighted by Gasteiger charge is 2.26. The van der Waals surface area contributed by atoms with Gasteiger partial charge in [-0.3, -0.25) is 9.59 Å². The number of fused-ring (bicyclic) bond motifs is 1. The minimum Gasteiger partial charge on any atom is -0.479 e. The first-order valence-corrected chi connectivity index (χ1v) is 7.00. The lowest BCUT2D eigenvalue weighted by molar-refractivity contribution is 0.0981. The molecule has 0 heterocycles. The van der Waals surface area contributed by atoms with Crippen LogP contribution in [-0.2, 0) is 0 Å². The van der Waals surface area contributed by atoms with Gasteiger partial charge in [0.15, 0.2) is 11.6 Å². The Balaban J connectivity index is 2.50. The molecule has 0 bridgehead atoms. The van der Waals surface area contributed by atoms with E-state index in [0.29, 0.717) is 22.4 Å². The average molecular weight is 356 g/mol. The molecule has 0 spiro atoms. The van der Waals surface area contributed by atoms with Gasteiger partial charge in [0.2, 0.25) is 0 Å². The first-order chi connectivity index (χ1) is 8.54. The van der Waals surface area contributed by atoms with E-state index in [1.54, 1.807) is 25.1 Å². The van der Waals surface area contributed by atoms with Crippen molar-refractivity contribution in [3.63, 3.8) is 0 Å². The van der Waals surface area contributed by atoms with Crippen LogP contribution >= 0.6 is 22.6 Å². The Bertz CT molecular complexity index is 546. The van der Waals surface area contributed by atoms with E-state index >= 15 is 0 Å². The van der Waals surface area contributed by atoms with Crippen LogP contribution in [0.15, 0.2) is 29.8 Å². The zero-order chi connectivity index (χ0) is 13.3. The fraction of sp³-hybridized carbons (Fsp3) is 0.286. The molecule has 3 nitrogen and oxygen atoms in total. The van der Waals surface area contributed by atoms with Crippen LogP contribution in [0.1, 0.15) is 41.0 Å². The van der Waals surface area contributed by atoms with Crippen LogP contribution in [0.4, 0.5) is 0 Å². The van der Waals surface area contributed by atoms with Crippen LogP contribution in [0.5, 0.6) is 5.75 Å². The Labute approximate surface area is 119 Å². The molecule has 0 aliphatic heterocycles. The molecule has 1 aromatic carbocycles. The van der Waals surface area contributed by atoms with Crippen molar-refractivity contribution in [2.24, 2.45) is 0 Å². The van der Waals surface area contributed by atoms with E-state index in [2.05, 4.69) is 22.6 Å². The Hall–Kier alpha value is -1.17. The van der Waals surface area contributed by atoms with Crippen LogP contribution in [0.3, 0.4) is 0 Å². The summed E-state index contributed by atoms with van der Waals surface area (Å²) in [4.78, 5) is 24.0. The predicted molar refractivity (Wildman–Crippen MR) is 77.6 cm³/mol. The molecule has 0 N–H and O–H groups in total. The van der Waals surface area contributed by atoms with Crippen LogP contribution in [0.25, 0.3) is 0 Å². The summed E-state index contributed by atoms with van der Waals surface area (Å²) in [6.45, 7) is 3.66. The van der Waals surface area contributed by atoms with Crippen molar-refractivity contribution >= 4 is 34.2 Å². The highest BCUT2D eigenvalue weighted by atomic mass is 127. The quantitative estimate of drug-likeness (QED) is 0.615. The van der Waals surface area contributed by atoms with Crippen molar-refractivity contribution in [2.45, 2.75) is 24.4 Å². The molecule has 4 heteroatoms. The standard InChI is InChI=1S/C14H13IO3/c1-3-12(15)18-11-6-4-5-9-13(11)10(16)7-8(2)14(9)17/h4-7,12H,3H2,1-2H3. The van der Waals surface area contributed by atoms with E-state index in [1.807, 2.05) is 6.92 Å². The van der Waals surface area contributed by atoms with Gasteiger partial charge in [0, 0.05) is 11.1 Å². The summed E-state index contributed by atoms with van der Waals surface area (Å²) in [5, 5.41) is 0. The van der Waals surface area contributed by atoms with Gasteiger partial charge < -0.3 is 4.74 Å². The van der Waals surface area contributed by atoms with E-state index in [-0.39, 0.29) is 15.7 Å². The molecular weight excluding hydrogens is 343 g/mol. The summed E-state index contributed by atoms with van der Waals surface area (Å²) in [5.74, 6) is 0.241. The first kappa shape index (κ1) is 13.3. The van der Waals surface area contributed by atoms with Gasteiger partial charge in [0.1, 0.15) is 9.86 Å². The van der Waals surface area contributed by atoms with Crippen LogP contribution in [-0.4, -0.2) is 15.7 Å². The number of hydrogen-bond acceptors (Lipinski definition) is 3. The number of halogens is 1. The number of ether oxygens (including phenoxy) is 1. The Kier molecular flexibility index (Phi) is 3.85. The second kappa shape index (κ2) is 5.22. The second-order valence-corrected chi connectivity index (χ2v) is 5.52. The summed E-state index contributed by atoms with van der Waals surface area (Å²) in [6, 6.07) is 5.16. The van der Waals surface area contributed by atoms with Crippen molar-refractivity contribution in [3.8, 4) is 5.75 Å². The van der Waals surface area contributed by atoms with E-state index in [0.717, 1.165) is 6.42 Å². The smallest absolute Gasteiger partial charge is 0.190 e. The molecule has 0 aromatic heterocycles. The largest absolute Gasteiger partial charge is 0.479 e. The van der Waals surface area contributed by atoms with Crippen LogP contribution in [0, 0.1) is 0 Å². The molecule has 18 heavy (non-hydrogen) atoms. The molecular formula is C14H13IO3. The fourth-order valence-corrected chi connectivity index (χ4v) is 2.11. The lowest BCUT2D eigenvalue weighted by Gasteiger charge is -2.18. The highest BCUT2D eigenvalue weighted by Crippen LogP contribution is 2.30. The molecule has 1 aliphatic carbocycles. The van der Waals surface area contributed by atoms with Crippen molar-refractivity contribution < 1.29 is 14.3 Å². The molecule has 1 aromatic rings. The van der Waals surface area contributed by atoms with E-state index in [9.17, 15) is 9.59 Å². The third kappa shape index (κ3) is 2.34. The van der Waals surface area contributed by atoms with Crippen LogP contribution < -0.4 is 4.74 Å². The van der Waals surface area contributed by atoms with E-state index in [4.69, 9.17) is 4.74 Å². The number of carbonyl (C=O) groups is 2. The maximum absolute atomic E-state index is 12.0. The maximum atomic E-state index is 12.0. The summed E-state index contributed by atoms with van der Waals surface area (Å²) in [6.07, 6.45) is 2.22. The van der Waals surface area contributed by atoms with E-state index < -0.39 is 0 Å². The second-order valence-electron chi connectivity index (χ2n) is 4.14. The zero-order valence-corrected chi connectivity index (χ0v) is 12.4. The lowest BCUT2D eigenvalue weighted by Crippen LogP contribution is -2.18. The molecule has 0 saturated carbocycles. The summed E-state index contributed by atoms with van der Waals surface area (Å²) in [7, 11) is 0. The van der Waals surface area contributed by atoms with Gasteiger partial charge in [-0.15, -0.1) is 0 Å². The maximum Gasteiger partial charge on any atom is 0.190 e. The van der Waals surface area contributed by atoms with Gasteiger partial charge in [-0.1, -0.05) is 19.1 Å². The van der Waals surface area contributed by atoms with Gasteiger partial charge in [0.25, 0.3) is 0 Å². The number of benzene rings is 1. The molecule has 1 aliphatic rings. The van der Waals surface area contributed by atoms with E-state index in [1.165, 1.54) is 6.08 Å². The first-order valence-electron chi connectivity index (χ1n) is 5.75. The zero-order valence-electron chi connectivity index (χ0n) is 10.2. The molecule has 0 saturated heterocycles. The van der Waals surface area contributed by atoms with Crippen molar-refractivity contribution in [2.75, 3.05) is 0 Å². The minimum absolute atomic E-state index is 0.0102. The molecule has 0 amide bonds. The number of rotatable bonds is 3. The van der Waals surface area contributed by atoms with Gasteiger partial charge in [-0.2, -0.15) is 0 Å². The number of alkyl halides is 1. The summed E-state index contributed by atoms with van der Waals surface area (Å²) < 4.78 is 5.69. The number of allylic oxidation sites excluding steroid dienone is 2. The van der Waals surface area contributed by atoms with Gasteiger partial charge >= 0.3 is 0 Å². The lowest BCUT2D eigenvalue weighted by atomic mass is 9.89. The molecule has 1 unspecified atom stereocenters. The third-order valence-electron chi connectivity index (χ3n) is 2.80. The Morgan fingerprint density at radius 1 is 1.33 bits per heavy atom. The van der Waals surface area contributed by atoms with Gasteiger partial charge in [-0.05, 0) is 48.1 Å².